The quantitative estimate of drug-likeness (QED) is 0.660. The van der Waals surface area contributed by atoms with Crippen molar-refractivity contribution in [2.75, 3.05) is 11.9 Å². The number of nitrogens with zero attached hydrogens (tertiary/aromatic N) is 2. The van der Waals surface area contributed by atoms with E-state index >= 15 is 0 Å². The maximum absolute atomic E-state index is 12.0. The average molecular weight is 341 g/mol. The number of hydrogen-bond acceptors (Lipinski definition) is 4. The van der Waals surface area contributed by atoms with Gasteiger partial charge in [-0.2, -0.15) is 5.10 Å². The summed E-state index contributed by atoms with van der Waals surface area (Å²) in [4.78, 5) is 16.5. The lowest BCUT2D eigenvalue weighted by molar-refractivity contribution is 0.251. The Morgan fingerprint density at radius 2 is 2.08 bits per heavy atom. The van der Waals surface area contributed by atoms with Crippen LogP contribution in [0.2, 0.25) is 0 Å². The molecule has 1 atom stereocenters. The smallest absolute Gasteiger partial charge is 0.319 e. The second kappa shape index (κ2) is 7.27. The number of benzene rings is 1. The molecule has 124 valence electrons. The third-order valence-electron chi connectivity index (χ3n) is 3.58. The number of thiazole rings is 1. The molecule has 0 saturated heterocycles. The summed E-state index contributed by atoms with van der Waals surface area (Å²) in [5.41, 5.74) is 3.72. The second-order valence-corrected chi connectivity index (χ2v) is 6.50. The molecule has 0 spiro atoms. The van der Waals surface area contributed by atoms with E-state index in [0.717, 1.165) is 27.6 Å². The molecule has 7 heteroatoms. The first-order valence-electron chi connectivity index (χ1n) is 7.68. The lowest BCUT2D eigenvalue weighted by Gasteiger charge is -2.11. The SMILES string of the molecule is Cc1csc(C(C)CNC(=O)Nc2ccc(-c3ccn[nH]3)cc2)n1. The molecule has 1 unspecified atom stereocenters. The number of urea groups is 1. The van der Waals surface area contributed by atoms with Gasteiger partial charge in [-0.1, -0.05) is 19.1 Å². The third kappa shape index (κ3) is 3.99. The molecular weight excluding hydrogens is 322 g/mol. The van der Waals surface area contributed by atoms with Gasteiger partial charge in [0.15, 0.2) is 0 Å². The number of hydrogen-bond donors (Lipinski definition) is 3. The van der Waals surface area contributed by atoms with Gasteiger partial charge < -0.3 is 10.6 Å². The van der Waals surface area contributed by atoms with E-state index in [-0.39, 0.29) is 11.9 Å². The summed E-state index contributed by atoms with van der Waals surface area (Å²) in [5.74, 6) is 0.192. The number of H-pyrrole nitrogens is 1. The fraction of sp³-hybridized carbons (Fsp3) is 0.235. The van der Waals surface area contributed by atoms with E-state index in [2.05, 4.69) is 32.7 Å². The topological polar surface area (TPSA) is 82.7 Å². The van der Waals surface area contributed by atoms with Crippen molar-refractivity contribution in [3.8, 4) is 11.3 Å². The Hall–Kier alpha value is -2.67. The van der Waals surface area contributed by atoms with E-state index < -0.39 is 0 Å². The van der Waals surface area contributed by atoms with E-state index in [1.807, 2.05) is 42.6 Å². The fourth-order valence-corrected chi connectivity index (χ4v) is 3.11. The van der Waals surface area contributed by atoms with Crippen LogP contribution < -0.4 is 10.6 Å². The first-order valence-corrected chi connectivity index (χ1v) is 8.56. The van der Waals surface area contributed by atoms with Gasteiger partial charge in [0.1, 0.15) is 0 Å². The Labute approximate surface area is 144 Å². The minimum absolute atomic E-state index is 0.192. The summed E-state index contributed by atoms with van der Waals surface area (Å²) in [6, 6.07) is 9.28. The first-order chi connectivity index (χ1) is 11.6. The molecule has 0 aliphatic carbocycles. The van der Waals surface area contributed by atoms with Gasteiger partial charge in [-0.3, -0.25) is 5.10 Å². The van der Waals surface area contributed by atoms with Gasteiger partial charge in [0.2, 0.25) is 0 Å². The minimum atomic E-state index is -0.218. The van der Waals surface area contributed by atoms with E-state index in [4.69, 9.17) is 0 Å². The van der Waals surface area contributed by atoms with Crippen LogP contribution in [0.4, 0.5) is 10.5 Å². The minimum Gasteiger partial charge on any atom is -0.337 e. The molecular formula is C17H19N5OS. The highest BCUT2D eigenvalue weighted by molar-refractivity contribution is 7.09. The van der Waals surface area contributed by atoms with Gasteiger partial charge in [0, 0.05) is 35.4 Å². The zero-order valence-corrected chi connectivity index (χ0v) is 14.4. The van der Waals surface area contributed by atoms with Gasteiger partial charge in [-0.15, -0.1) is 11.3 Å². The molecule has 0 aliphatic heterocycles. The third-order valence-corrected chi connectivity index (χ3v) is 4.78. The molecule has 0 radical (unpaired) electrons. The zero-order valence-electron chi connectivity index (χ0n) is 13.5. The summed E-state index contributed by atoms with van der Waals surface area (Å²) in [7, 11) is 0. The predicted molar refractivity (Wildman–Crippen MR) is 96.3 cm³/mol. The standard InChI is InChI=1S/C17H19N5OS/c1-11(16-20-12(2)10-24-16)9-18-17(23)21-14-5-3-13(4-6-14)15-7-8-19-22-15/h3-8,10-11H,9H2,1-2H3,(H,19,22)(H2,18,21,23). The van der Waals surface area contributed by atoms with Crippen molar-refractivity contribution in [2.24, 2.45) is 0 Å². The second-order valence-electron chi connectivity index (χ2n) is 5.61. The van der Waals surface area contributed by atoms with Crippen molar-refractivity contribution in [3.63, 3.8) is 0 Å². The fourth-order valence-electron chi connectivity index (χ4n) is 2.26. The van der Waals surface area contributed by atoms with E-state index in [1.165, 1.54) is 0 Å². The summed E-state index contributed by atoms with van der Waals surface area (Å²) in [6.07, 6.45) is 1.71. The largest absolute Gasteiger partial charge is 0.337 e. The van der Waals surface area contributed by atoms with Crippen molar-refractivity contribution in [2.45, 2.75) is 19.8 Å². The van der Waals surface area contributed by atoms with Crippen LogP contribution in [0.3, 0.4) is 0 Å². The van der Waals surface area contributed by atoms with Crippen LogP contribution in [-0.2, 0) is 0 Å². The summed E-state index contributed by atoms with van der Waals surface area (Å²) in [6.45, 7) is 4.57. The lowest BCUT2D eigenvalue weighted by Crippen LogP contribution is -2.31. The van der Waals surface area contributed by atoms with Crippen LogP contribution >= 0.6 is 11.3 Å². The normalized spacial score (nSPS) is 11.9. The monoisotopic (exact) mass is 341 g/mol. The summed E-state index contributed by atoms with van der Waals surface area (Å²) >= 11 is 1.62. The number of aromatic nitrogens is 3. The van der Waals surface area contributed by atoms with Crippen LogP contribution in [-0.4, -0.2) is 27.8 Å². The van der Waals surface area contributed by atoms with Crippen molar-refractivity contribution < 1.29 is 4.79 Å². The maximum Gasteiger partial charge on any atom is 0.319 e. The number of rotatable bonds is 5. The molecule has 3 N–H and O–H groups in total. The van der Waals surface area contributed by atoms with Gasteiger partial charge in [0.05, 0.1) is 10.7 Å². The molecule has 2 aromatic heterocycles. The number of aryl methyl sites for hydroxylation is 1. The van der Waals surface area contributed by atoms with Crippen LogP contribution in [0.1, 0.15) is 23.5 Å². The van der Waals surface area contributed by atoms with Crippen molar-refractivity contribution >= 4 is 23.1 Å². The van der Waals surface area contributed by atoms with Crippen molar-refractivity contribution in [1.29, 1.82) is 0 Å². The Bertz CT molecular complexity index is 795. The number of aromatic amines is 1. The number of carbonyl (C=O) groups is 1. The van der Waals surface area contributed by atoms with Crippen LogP contribution in [0, 0.1) is 6.92 Å². The molecule has 2 amide bonds. The number of nitrogens with one attached hydrogen (secondary N) is 3. The average Bonchev–Trinajstić information content (AvgIpc) is 3.25. The molecule has 3 aromatic rings. The predicted octanol–water partition coefficient (Wildman–Crippen LogP) is 3.77. The van der Waals surface area contributed by atoms with Gasteiger partial charge in [0.25, 0.3) is 0 Å². The molecule has 2 heterocycles. The highest BCUT2D eigenvalue weighted by Crippen LogP contribution is 2.20. The van der Waals surface area contributed by atoms with Gasteiger partial charge in [-0.05, 0) is 30.7 Å². The maximum atomic E-state index is 12.0. The van der Waals surface area contributed by atoms with Crippen LogP contribution in [0.5, 0.6) is 0 Å². The van der Waals surface area contributed by atoms with Gasteiger partial charge in [-0.25, -0.2) is 9.78 Å². The van der Waals surface area contributed by atoms with Crippen LogP contribution in [0.25, 0.3) is 11.3 Å². The highest BCUT2D eigenvalue weighted by Gasteiger charge is 2.11. The number of carbonyl (C=O) groups excluding carboxylic acids is 1. The summed E-state index contributed by atoms with van der Waals surface area (Å²) < 4.78 is 0. The molecule has 0 bridgehead atoms. The highest BCUT2D eigenvalue weighted by atomic mass is 32.1. The number of amides is 2. The molecule has 0 aliphatic rings. The van der Waals surface area contributed by atoms with E-state index in [0.29, 0.717) is 6.54 Å². The molecule has 1 aromatic carbocycles. The summed E-state index contributed by atoms with van der Waals surface area (Å²) in [5, 5.41) is 15.6. The molecule has 6 nitrogen and oxygen atoms in total. The Morgan fingerprint density at radius 3 is 2.71 bits per heavy atom. The molecule has 0 fully saturated rings. The van der Waals surface area contributed by atoms with Crippen molar-refractivity contribution in [3.05, 3.63) is 52.6 Å². The number of anilines is 1. The molecule has 3 rings (SSSR count). The first kappa shape index (κ1) is 16.2. The van der Waals surface area contributed by atoms with E-state index in [9.17, 15) is 4.79 Å². The molecule has 0 saturated carbocycles. The van der Waals surface area contributed by atoms with E-state index in [1.54, 1.807) is 17.5 Å². The Morgan fingerprint density at radius 1 is 1.29 bits per heavy atom. The molecule has 24 heavy (non-hydrogen) atoms. The lowest BCUT2D eigenvalue weighted by atomic mass is 10.1. The zero-order chi connectivity index (χ0) is 16.9. The van der Waals surface area contributed by atoms with Gasteiger partial charge >= 0.3 is 6.03 Å². The van der Waals surface area contributed by atoms with Crippen LogP contribution in [0.15, 0.2) is 41.9 Å². The Kier molecular flexibility index (Phi) is 4.90. The van der Waals surface area contributed by atoms with Crippen molar-refractivity contribution in [1.82, 2.24) is 20.5 Å². The Balaban J connectivity index is 1.51.